The molecule has 1 aliphatic carbocycles. The maximum absolute atomic E-state index is 9.23. The lowest BCUT2D eigenvalue weighted by atomic mass is 10.1. The molecule has 1 aromatic carbocycles. The lowest BCUT2D eigenvalue weighted by Gasteiger charge is -2.00. The van der Waals surface area contributed by atoms with Crippen molar-refractivity contribution in [1.29, 1.82) is 0 Å². The minimum absolute atomic E-state index is 0.223. The first-order valence-electron chi connectivity index (χ1n) is 5.83. The summed E-state index contributed by atoms with van der Waals surface area (Å²) in [7, 11) is 0. The number of aromatic hydroxyl groups is 1. The van der Waals surface area contributed by atoms with Crippen LogP contribution in [0, 0.1) is 0 Å². The zero-order chi connectivity index (χ0) is 12.4. The third-order valence-corrected chi connectivity index (χ3v) is 2.79. The summed E-state index contributed by atoms with van der Waals surface area (Å²) in [5.41, 5.74) is 1.79. The minimum Gasteiger partial charge on any atom is -0.508 e. The van der Waals surface area contributed by atoms with Crippen LogP contribution >= 0.6 is 0 Å². The van der Waals surface area contributed by atoms with E-state index >= 15 is 0 Å². The summed E-state index contributed by atoms with van der Waals surface area (Å²) in [6.07, 6.45) is 8.25. The van der Waals surface area contributed by atoms with E-state index in [1.807, 2.05) is 6.08 Å². The standard InChI is InChI=1S/C14H12N2O2/c17-12-8-6-10(7-9-12)13-15-14(18-16-13)11-4-2-1-3-5-11/h2,4-9,17H,1,3H2. The second kappa shape index (κ2) is 4.49. The summed E-state index contributed by atoms with van der Waals surface area (Å²) >= 11 is 0. The van der Waals surface area contributed by atoms with Crippen LogP contribution in [0.4, 0.5) is 0 Å². The van der Waals surface area contributed by atoms with Gasteiger partial charge >= 0.3 is 0 Å². The van der Waals surface area contributed by atoms with Crippen LogP contribution in [0.1, 0.15) is 18.7 Å². The fourth-order valence-corrected chi connectivity index (χ4v) is 1.84. The summed E-state index contributed by atoms with van der Waals surface area (Å²) in [6, 6.07) is 6.72. The van der Waals surface area contributed by atoms with E-state index in [4.69, 9.17) is 4.52 Å². The highest BCUT2D eigenvalue weighted by molar-refractivity contribution is 5.70. The van der Waals surface area contributed by atoms with E-state index in [2.05, 4.69) is 22.3 Å². The van der Waals surface area contributed by atoms with Gasteiger partial charge in [0.1, 0.15) is 5.75 Å². The molecule has 0 aliphatic heterocycles. The first-order chi connectivity index (χ1) is 8.83. The Hall–Kier alpha value is -2.36. The molecule has 1 N–H and O–H groups in total. The molecule has 90 valence electrons. The lowest BCUT2D eigenvalue weighted by Crippen LogP contribution is -1.86. The molecule has 0 saturated heterocycles. The maximum atomic E-state index is 9.23. The zero-order valence-corrected chi connectivity index (χ0v) is 9.71. The first kappa shape index (κ1) is 10.8. The molecule has 4 heteroatoms. The van der Waals surface area contributed by atoms with Crippen molar-refractivity contribution in [2.75, 3.05) is 0 Å². The van der Waals surface area contributed by atoms with E-state index in [1.165, 1.54) is 0 Å². The predicted molar refractivity (Wildman–Crippen MR) is 67.7 cm³/mol. The number of phenolic OH excluding ortho intramolecular Hbond substituents is 1. The van der Waals surface area contributed by atoms with Gasteiger partial charge in [-0.1, -0.05) is 23.4 Å². The molecule has 0 amide bonds. The van der Waals surface area contributed by atoms with Crippen molar-refractivity contribution >= 4 is 5.57 Å². The van der Waals surface area contributed by atoms with Gasteiger partial charge in [0.25, 0.3) is 5.89 Å². The molecule has 1 aliphatic rings. The molecule has 1 aromatic heterocycles. The van der Waals surface area contributed by atoms with Crippen LogP contribution in [0.15, 0.2) is 47.0 Å². The van der Waals surface area contributed by atoms with Crippen molar-refractivity contribution in [3.8, 4) is 17.1 Å². The Balaban J connectivity index is 1.91. The molecule has 3 rings (SSSR count). The molecule has 0 saturated carbocycles. The molecule has 1 heterocycles. The highest BCUT2D eigenvalue weighted by atomic mass is 16.5. The van der Waals surface area contributed by atoms with Gasteiger partial charge in [0.15, 0.2) is 0 Å². The maximum Gasteiger partial charge on any atom is 0.257 e. The van der Waals surface area contributed by atoms with E-state index in [9.17, 15) is 5.11 Å². The lowest BCUT2D eigenvalue weighted by molar-refractivity contribution is 0.409. The van der Waals surface area contributed by atoms with E-state index in [0.29, 0.717) is 11.7 Å². The number of benzene rings is 1. The molecule has 0 radical (unpaired) electrons. The topological polar surface area (TPSA) is 59.2 Å². The van der Waals surface area contributed by atoms with Crippen LogP contribution in [0.5, 0.6) is 5.75 Å². The number of phenols is 1. The Kier molecular flexibility index (Phi) is 2.68. The summed E-state index contributed by atoms with van der Waals surface area (Å²) in [5, 5.41) is 13.2. The molecule has 0 fully saturated rings. The number of aromatic nitrogens is 2. The van der Waals surface area contributed by atoms with Crippen LogP contribution in [-0.2, 0) is 0 Å². The number of hydrogen-bond donors (Lipinski definition) is 1. The minimum atomic E-state index is 0.223. The fourth-order valence-electron chi connectivity index (χ4n) is 1.84. The van der Waals surface area contributed by atoms with Crippen LogP contribution in [-0.4, -0.2) is 15.2 Å². The van der Waals surface area contributed by atoms with Gasteiger partial charge in [-0.2, -0.15) is 4.98 Å². The van der Waals surface area contributed by atoms with Crippen LogP contribution in [0.3, 0.4) is 0 Å². The highest BCUT2D eigenvalue weighted by Gasteiger charge is 2.11. The molecule has 0 atom stereocenters. The fraction of sp³-hybridized carbons (Fsp3) is 0.143. The number of allylic oxidation sites excluding steroid dienone is 4. The van der Waals surface area contributed by atoms with Crippen LogP contribution in [0.2, 0.25) is 0 Å². The molecule has 0 bridgehead atoms. The van der Waals surface area contributed by atoms with E-state index in [0.717, 1.165) is 24.0 Å². The second-order valence-electron chi connectivity index (χ2n) is 4.11. The summed E-state index contributed by atoms with van der Waals surface area (Å²) in [4.78, 5) is 4.35. The molecule has 0 spiro atoms. The Labute approximate surface area is 104 Å². The second-order valence-corrected chi connectivity index (χ2v) is 4.11. The Bertz CT molecular complexity index is 609. The highest BCUT2D eigenvalue weighted by Crippen LogP contribution is 2.24. The third-order valence-electron chi connectivity index (χ3n) is 2.79. The van der Waals surface area contributed by atoms with Crippen molar-refractivity contribution in [3.63, 3.8) is 0 Å². The van der Waals surface area contributed by atoms with Gasteiger partial charge in [0.05, 0.1) is 0 Å². The van der Waals surface area contributed by atoms with Crippen LogP contribution in [0.25, 0.3) is 17.0 Å². The van der Waals surface area contributed by atoms with Gasteiger partial charge in [-0.25, -0.2) is 0 Å². The van der Waals surface area contributed by atoms with Gasteiger partial charge in [0.2, 0.25) is 5.82 Å². The van der Waals surface area contributed by atoms with Crippen molar-refractivity contribution in [2.24, 2.45) is 0 Å². The van der Waals surface area contributed by atoms with E-state index in [-0.39, 0.29) is 5.75 Å². The number of rotatable bonds is 2. The van der Waals surface area contributed by atoms with Gasteiger partial charge in [-0.3, -0.25) is 0 Å². The van der Waals surface area contributed by atoms with E-state index in [1.54, 1.807) is 24.3 Å². The molecule has 18 heavy (non-hydrogen) atoms. The van der Waals surface area contributed by atoms with Gasteiger partial charge in [-0.05, 0) is 37.1 Å². The van der Waals surface area contributed by atoms with Gasteiger partial charge < -0.3 is 9.63 Å². The van der Waals surface area contributed by atoms with Crippen molar-refractivity contribution in [2.45, 2.75) is 12.8 Å². The molecule has 0 unspecified atom stereocenters. The SMILES string of the molecule is Oc1ccc(-c2noc(C3=CCCC=C3)n2)cc1. The van der Waals surface area contributed by atoms with E-state index < -0.39 is 0 Å². The number of hydrogen-bond acceptors (Lipinski definition) is 4. The Morgan fingerprint density at radius 3 is 2.67 bits per heavy atom. The first-order valence-corrected chi connectivity index (χ1v) is 5.83. The number of nitrogens with zero attached hydrogens (tertiary/aromatic N) is 2. The van der Waals surface area contributed by atoms with Crippen LogP contribution < -0.4 is 0 Å². The van der Waals surface area contributed by atoms with Crippen molar-refractivity contribution in [1.82, 2.24) is 10.1 Å². The Morgan fingerprint density at radius 1 is 1.11 bits per heavy atom. The monoisotopic (exact) mass is 240 g/mol. The molecular formula is C14H12N2O2. The molecular weight excluding hydrogens is 228 g/mol. The molecule has 2 aromatic rings. The predicted octanol–water partition coefficient (Wildman–Crippen LogP) is 3.18. The molecule has 4 nitrogen and oxygen atoms in total. The van der Waals surface area contributed by atoms with Crippen molar-refractivity contribution < 1.29 is 9.63 Å². The third kappa shape index (κ3) is 2.05. The summed E-state index contributed by atoms with van der Waals surface area (Å²) in [5.74, 6) is 1.29. The quantitative estimate of drug-likeness (QED) is 0.875. The zero-order valence-electron chi connectivity index (χ0n) is 9.71. The Morgan fingerprint density at radius 2 is 1.94 bits per heavy atom. The van der Waals surface area contributed by atoms with Crippen molar-refractivity contribution in [3.05, 3.63) is 48.4 Å². The largest absolute Gasteiger partial charge is 0.508 e. The summed E-state index contributed by atoms with van der Waals surface area (Å²) < 4.78 is 5.25. The van der Waals surface area contributed by atoms with Gasteiger partial charge in [-0.15, -0.1) is 0 Å². The summed E-state index contributed by atoms with van der Waals surface area (Å²) in [6.45, 7) is 0. The smallest absolute Gasteiger partial charge is 0.257 e. The van der Waals surface area contributed by atoms with Gasteiger partial charge in [0, 0.05) is 11.1 Å². The normalized spacial score (nSPS) is 14.6. The average molecular weight is 240 g/mol. The average Bonchev–Trinajstić information content (AvgIpc) is 2.90.